The van der Waals surface area contributed by atoms with E-state index < -0.39 is 5.82 Å². The van der Waals surface area contributed by atoms with Crippen LogP contribution in [0.4, 0.5) is 10.1 Å². The fourth-order valence-corrected chi connectivity index (χ4v) is 2.62. The lowest BCUT2D eigenvalue weighted by Crippen LogP contribution is -2.21. The topological polar surface area (TPSA) is 64.0 Å². The van der Waals surface area contributed by atoms with Crippen molar-refractivity contribution in [3.8, 4) is 0 Å². The number of carbonyl (C=O) groups is 1. The van der Waals surface area contributed by atoms with E-state index in [0.29, 0.717) is 29.6 Å². The molecule has 0 saturated carbocycles. The number of benzene rings is 2. The van der Waals surface area contributed by atoms with Gasteiger partial charge in [0.15, 0.2) is 0 Å². The van der Waals surface area contributed by atoms with Gasteiger partial charge < -0.3 is 5.32 Å². The van der Waals surface area contributed by atoms with Gasteiger partial charge in [0, 0.05) is 18.7 Å². The molecule has 0 aliphatic rings. The van der Waals surface area contributed by atoms with Crippen molar-refractivity contribution in [2.24, 2.45) is 0 Å². The maximum Gasteiger partial charge on any atom is 0.261 e. The second-order valence-corrected chi connectivity index (χ2v) is 5.87. The van der Waals surface area contributed by atoms with Crippen LogP contribution < -0.4 is 10.9 Å². The number of aryl methyl sites for hydroxylation is 2. The summed E-state index contributed by atoms with van der Waals surface area (Å²) in [5.74, 6) is -0.606. The van der Waals surface area contributed by atoms with E-state index in [1.54, 1.807) is 31.2 Å². The minimum Gasteiger partial charge on any atom is -0.326 e. The Morgan fingerprint density at radius 3 is 2.88 bits per heavy atom. The molecule has 5 nitrogen and oxygen atoms in total. The lowest BCUT2D eigenvalue weighted by molar-refractivity contribution is -0.116. The van der Waals surface area contributed by atoms with Crippen LogP contribution >= 0.6 is 0 Å². The van der Waals surface area contributed by atoms with Crippen molar-refractivity contribution in [2.45, 2.75) is 26.3 Å². The number of hydrogen-bond acceptors (Lipinski definition) is 3. The molecule has 3 aromatic rings. The van der Waals surface area contributed by atoms with Crippen molar-refractivity contribution < 1.29 is 9.18 Å². The summed E-state index contributed by atoms with van der Waals surface area (Å²) in [5.41, 5.74) is 1.80. The second kappa shape index (κ2) is 7.25. The van der Waals surface area contributed by atoms with E-state index in [9.17, 15) is 14.0 Å². The van der Waals surface area contributed by atoms with Crippen molar-refractivity contribution in [3.05, 3.63) is 70.5 Å². The number of nitrogens with zero attached hydrogens (tertiary/aromatic N) is 2. The molecule has 3 rings (SSSR count). The Morgan fingerprint density at radius 2 is 2.04 bits per heavy atom. The molecule has 128 valence electrons. The number of halogens is 1. The summed E-state index contributed by atoms with van der Waals surface area (Å²) in [6, 6.07) is 11.4. The molecule has 1 amide bonds. The van der Waals surface area contributed by atoms with Gasteiger partial charge in [-0.15, -0.1) is 0 Å². The number of rotatable bonds is 5. The Kier molecular flexibility index (Phi) is 4.88. The van der Waals surface area contributed by atoms with Crippen molar-refractivity contribution >= 4 is 22.5 Å². The molecule has 25 heavy (non-hydrogen) atoms. The van der Waals surface area contributed by atoms with Gasteiger partial charge in [0.05, 0.1) is 17.2 Å². The average molecular weight is 339 g/mol. The summed E-state index contributed by atoms with van der Waals surface area (Å²) in [4.78, 5) is 28.6. The Labute approximate surface area is 144 Å². The summed E-state index contributed by atoms with van der Waals surface area (Å²) < 4.78 is 14.7. The largest absolute Gasteiger partial charge is 0.326 e. The Hall–Kier alpha value is -3.02. The van der Waals surface area contributed by atoms with Crippen molar-refractivity contribution in [2.75, 3.05) is 5.32 Å². The zero-order valence-corrected chi connectivity index (χ0v) is 13.8. The number of carbonyl (C=O) groups excluding carboxylic acids is 1. The Balaban J connectivity index is 1.61. The van der Waals surface area contributed by atoms with Crippen LogP contribution in [-0.4, -0.2) is 15.5 Å². The molecular formula is C19H18FN3O2. The fraction of sp³-hybridized carbons (Fsp3) is 0.211. The molecule has 0 bridgehead atoms. The predicted molar refractivity (Wildman–Crippen MR) is 95.0 cm³/mol. The molecule has 0 atom stereocenters. The highest BCUT2D eigenvalue weighted by Gasteiger charge is 2.07. The van der Waals surface area contributed by atoms with E-state index >= 15 is 0 Å². The van der Waals surface area contributed by atoms with E-state index in [0.717, 1.165) is 5.56 Å². The normalized spacial score (nSPS) is 10.8. The monoisotopic (exact) mass is 339 g/mol. The van der Waals surface area contributed by atoms with E-state index in [4.69, 9.17) is 0 Å². The fourth-order valence-electron chi connectivity index (χ4n) is 2.62. The van der Waals surface area contributed by atoms with E-state index in [-0.39, 0.29) is 17.9 Å². The third kappa shape index (κ3) is 3.91. The van der Waals surface area contributed by atoms with Gasteiger partial charge >= 0.3 is 0 Å². The highest BCUT2D eigenvalue weighted by molar-refractivity contribution is 5.91. The van der Waals surface area contributed by atoms with Crippen LogP contribution in [-0.2, 0) is 11.3 Å². The van der Waals surface area contributed by atoms with Crippen LogP contribution in [0.25, 0.3) is 10.9 Å². The van der Waals surface area contributed by atoms with Crippen molar-refractivity contribution in [3.63, 3.8) is 0 Å². The smallest absolute Gasteiger partial charge is 0.261 e. The van der Waals surface area contributed by atoms with Crippen LogP contribution in [0, 0.1) is 12.7 Å². The first-order valence-corrected chi connectivity index (χ1v) is 8.05. The van der Waals surface area contributed by atoms with Crippen LogP contribution in [0.15, 0.2) is 53.6 Å². The third-order valence-corrected chi connectivity index (χ3v) is 4.01. The Bertz CT molecular complexity index is 982. The van der Waals surface area contributed by atoms with E-state index in [2.05, 4.69) is 10.3 Å². The number of aromatic nitrogens is 2. The zero-order valence-electron chi connectivity index (χ0n) is 13.8. The highest BCUT2D eigenvalue weighted by Crippen LogP contribution is 2.16. The molecule has 1 N–H and O–H groups in total. The maximum atomic E-state index is 13.2. The first-order valence-electron chi connectivity index (χ1n) is 8.05. The van der Waals surface area contributed by atoms with Crippen LogP contribution in [0.1, 0.15) is 18.4 Å². The summed E-state index contributed by atoms with van der Waals surface area (Å²) in [6.07, 6.45) is 2.22. The number of nitrogens with one attached hydrogen (secondary N) is 1. The first kappa shape index (κ1) is 16.8. The molecule has 1 aromatic heterocycles. The van der Waals surface area contributed by atoms with Gasteiger partial charge in [-0.25, -0.2) is 9.37 Å². The van der Waals surface area contributed by atoms with Gasteiger partial charge in [-0.3, -0.25) is 14.2 Å². The number of amides is 1. The van der Waals surface area contributed by atoms with E-state index in [1.807, 2.05) is 6.07 Å². The predicted octanol–water partition coefficient (Wildman–Crippen LogP) is 3.26. The molecule has 6 heteroatoms. The molecule has 2 aromatic carbocycles. The number of fused-ring (bicyclic) bond motifs is 1. The standard InChI is InChI=1S/C19H18FN3O2/c1-13-8-9-14(20)11-17(13)22-18(24)7-4-10-23-12-21-16-6-3-2-5-15(16)19(23)25/h2-3,5-6,8-9,11-12H,4,7,10H2,1H3,(H,22,24). The molecule has 0 aliphatic carbocycles. The molecule has 0 saturated heterocycles. The van der Waals surface area contributed by atoms with Crippen LogP contribution in [0.5, 0.6) is 0 Å². The lowest BCUT2D eigenvalue weighted by atomic mass is 10.2. The minimum atomic E-state index is -0.394. The van der Waals surface area contributed by atoms with Gasteiger partial charge in [-0.1, -0.05) is 18.2 Å². The average Bonchev–Trinajstić information content (AvgIpc) is 2.60. The molecule has 0 fully saturated rings. The second-order valence-electron chi connectivity index (χ2n) is 5.87. The van der Waals surface area contributed by atoms with Crippen molar-refractivity contribution in [1.82, 2.24) is 9.55 Å². The summed E-state index contributed by atoms with van der Waals surface area (Å²) in [7, 11) is 0. The van der Waals surface area contributed by atoms with Gasteiger partial charge in [0.2, 0.25) is 5.91 Å². The van der Waals surface area contributed by atoms with Gasteiger partial charge in [0.1, 0.15) is 5.82 Å². The molecule has 0 spiro atoms. The van der Waals surface area contributed by atoms with Gasteiger partial charge in [-0.05, 0) is 43.2 Å². The minimum absolute atomic E-state index is 0.119. The summed E-state index contributed by atoms with van der Waals surface area (Å²) in [6.45, 7) is 2.20. The molecule has 0 aliphatic heterocycles. The summed E-state index contributed by atoms with van der Waals surface area (Å²) in [5, 5.41) is 3.26. The third-order valence-electron chi connectivity index (χ3n) is 4.01. The first-order chi connectivity index (χ1) is 12.0. The van der Waals surface area contributed by atoms with Crippen molar-refractivity contribution in [1.29, 1.82) is 0 Å². The van der Waals surface area contributed by atoms with Gasteiger partial charge in [-0.2, -0.15) is 0 Å². The zero-order chi connectivity index (χ0) is 17.8. The molecule has 0 radical (unpaired) electrons. The Morgan fingerprint density at radius 1 is 1.24 bits per heavy atom. The molecular weight excluding hydrogens is 321 g/mol. The quantitative estimate of drug-likeness (QED) is 0.776. The molecule has 1 heterocycles. The van der Waals surface area contributed by atoms with Gasteiger partial charge in [0.25, 0.3) is 5.56 Å². The highest BCUT2D eigenvalue weighted by atomic mass is 19.1. The lowest BCUT2D eigenvalue weighted by Gasteiger charge is -2.09. The number of para-hydroxylation sites is 1. The molecule has 0 unspecified atom stereocenters. The SMILES string of the molecule is Cc1ccc(F)cc1NC(=O)CCCn1cnc2ccccc2c1=O. The number of hydrogen-bond donors (Lipinski definition) is 1. The maximum absolute atomic E-state index is 13.2. The van der Waals surface area contributed by atoms with Crippen LogP contribution in [0.3, 0.4) is 0 Å². The van der Waals surface area contributed by atoms with Crippen LogP contribution in [0.2, 0.25) is 0 Å². The summed E-state index contributed by atoms with van der Waals surface area (Å²) >= 11 is 0. The van der Waals surface area contributed by atoms with E-state index in [1.165, 1.54) is 23.0 Å². The number of anilines is 1.